The number of nitrogens with one attached hydrogen (secondary N) is 2. The van der Waals surface area contributed by atoms with Crippen LogP contribution in [0.5, 0.6) is 0 Å². The lowest BCUT2D eigenvalue weighted by Gasteiger charge is -2.17. The molecule has 0 aliphatic carbocycles. The summed E-state index contributed by atoms with van der Waals surface area (Å²) in [5.41, 5.74) is 2.34. The van der Waals surface area contributed by atoms with E-state index >= 15 is 0 Å². The van der Waals surface area contributed by atoms with E-state index in [1.54, 1.807) is 0 Å². The van der Waals surface area contributed by atoms with Crippen molar-refractivity contribution in [1.29, 1.82) is 0 Å². The molecule has 0 aliphatic rings. The molecular formula is C21H27IN4S. The minimum atomic E-state index is 0. The zero-order chi connectivity index (χ0) is 18.4. The minimum Gasteiger partial charge on any atom is -0.356 e. The Hall–Kier alpha value is -1.67. The number of aryl methyl sites for hydroxylation is 1. The molecule has 1 unspecified atom stereocenters. The van der Waals surface area contributed by atoms with E-state index in [2.05, 4.69) is 70.9 Å². The number of para-hydroxylation sites is 1. The third-order valence-corrected chi connectivity index (χ3v) is 5.34. The van der Waals surface area contributed by atoms with Crippen LogP contribution >= 0.6 is 35.3 Å². The minimum absolute atomic E-state index is 0. The van der Waals surface area contributed by atoms with E-state index in [1.165, 1.54) is 20.7 Å². The van der Waals surface area contributed by atoms with Crippen LogP contribution in [0.3, 0.4) is 0 Å². The van der Waals surface area contributed by atoms with Gasteiger partial charge in [0, 0.05) is 47.4 Å². The van der Waals surface area contributed by atoms with Crippen molar-refractivity contribution in [3.63, 3.8) is 0 Å². The molecule has 0 saturated carbocycles. The van der Waals surface area contributed by atoms with Crippen LogP contribution in [0.1, 0.15) is 22.2 Å². The first-order valence-electron chi connectivity index (χ1n) is 9.01. The summed E-state index contributed by atoms with van der Waals surface area (Å²) in [6, 6.07) is 15.2. The van der Waals surface area contributed by atoms with E-state index in [0.717, 1.165) is 30.9 Å². The molecule has 0 bridgehead atoms. The fraction of sp³-hybridized carbons (Fsp3) is 0.333. The molecule has 1 aromatic carbocycles. The number of aromatic nitrogens is 1. The standard InChI is InChI=1S/C21H26N4S.HI/c1-15(14-19-10-9-16(2)26-19)25-21(22-3)24-13-11-18-7-4-6-17-8-5-12-23-20(17)18;/h4-10,12,15H,11,13-14H2,1-3H3,(H2,22,24,25);1H. The molecule has 2 aromatic heterocycles. The summed E-state index contributed by atoms with van der Waals surface area (Å²) < 4.78 is 0. The van der Waals surface area contributed by atoms with Crippen LogP contribution in [-0.4, -0.2) is 30.6 Å². The fourth-order valence-electron chi connectivity index (χ4n) is 3.06. The Labute approximate surface area is 182 Å². The zero-order valence-corrected chi connectivity index (χ0v) is 19.2. The van der Waals surface area contributed by atoms with Crippen molar-refractivity contribution in [2.45, 2.75) is 32.7 Å². The molecule has 4 nitrogen and oxygen atoms in total. The third-order valence-electron chi connectivity index (χ3n) is 4.31. The fourth-order valence-corrected chi connectivity index (χ4v) is 4.08. The van der Waals surface area contributed by atoms with Crippen molar-refractivity contribution >= 4 is 52.2 Å². The molecule has 144 valence electrons. The van der Waals surface area contributed by atoms with Gasteiger partial charge in [-0.2, -0.15) is 0 Å². The van der Waals surface area contributed by atoms with E-state index in [0.29, 0.717) is 6.04 Å². The Kier molecular flexibility index (Phi) is 8.50. The van der Waals surface area contributed by atoms with Gasteiger partial charge in [0.25, 0.3) is 0 Å². The normalized spacial score (nSPS) is 12.5. The highest BCUT2D eigenvalue weighted by atomic mass is 127. The Bertz CT molecular complexity index is 885. The molecule has 2 N–H and O–H groups in total. The predicted molar refractivity (Wildman–Crippen MR) is 128 cm³/mol. The molecule has 0 spiro atoms. The molecule has 27 heavy (non-hydrogen) atoms. The van der Waals surface area contributed by atoms with Crippen LogP contribution < -0.4 is 10.6 Å². The summed E-state index contributed by atoms with van der Waals surface area (Å²) >= 11 is 1.86. The molecule has 0 saturated heterocycles. The van der Waals surface area contributed by atoms with Crippen LogP contribution in [0.25, 0.3) is 10.9 Å². The summed E-state index contributed by atoms with van der Waals surface area (Å²) in [5.74, 6) is 0.846. The lowest BCUT2D eigenvalue weighted by Crippen LogP contribution is -2.43. The summed E-state index contributed by atoms with van der Waals surface area (Å²) in [6.45, 7) is 5.16. The Morgan fingerprint density at radius 1 is 1.19 bits per heavy atom. The lowest BCUT2D eigenvalue weighted by molar-refractivity contribution is 0.645. The highest BCUT2D eigenvalue weighted by Gasteiger charge is 2.08. The van der Waals surface area contributed by atoms with Crippen LogP contribution in [0.4, 0.5) is 0 Å². The lowest BCUT2D eigenvalue weighted by atomic mass is 10.1. The molecule has 0 aliphatic heterocycles. The smallest absolute Gasteiger partial charge is 0.191 e. The molecule has 3 rings (SSSR count). The van der Waals surface area contributed by atoms with Crippen LogP contribution in [0.2, 0.25) is 0 Å². The number of hydrogen-bond donors (Lipinski definition) is 2. The molecule has 0 radical (unpaired) electrons. The number of guanidine groups is 1. The number of thiophene rings is 1. The monoisotopic (exact) mass is 494 g/mol. The third kappa shape index (κ3) is 6.17. The van der Waals surface area contributed by atoms with Gasteiger partial charge in [0.2, 0.25) is 0 Å². The van der Waals surface area contributed by atoms with Gasteiger partial charge in [-0.05, 0) is 44.0 Å². The second kappa shape index (κ2) is 10.6. The van der Waals surface area contributed by atoms with E-state index in [1.807, 2.05) is 30.6 Å². The van der Waals surface area contributed by atoms with E-state index in [-0.39, 0.29) is 24.0 Å². The number of benzene rings is 1. The van der Waals surface area contributed by atoms with E-state index in [4.69, 9.17) is 0 Å². The first kappa shape index (κ1) is 21.6. The molecule has 6 heteroatoms. The average Bonchev–Trinajstić information content (AvgIpc) is 3.05. The summed E-state index contributed by atoms with van der Waals surface area (Å²) in [5, 5.41) is 8.08. The summed E-state index contributed by atoms with van der Waals surface area (Å²) in [6.07, 6.45) is 3.77. The quantitative estimate of drug-likeness (QED) is 0.300. The first-order chi connectivity index (χ1) is 12.7. The van der Waals surface area contributed by atoms with Gasteiger partial charge in [-0.1, -0.05) is 24.3 Å². The number of halogens is 1. The molecule has 0 fully saturated rings. The molecule has 1 atom stereocenters. The van der Waals surface area contributed by atoms with Crippen molar-refractivity contribution in [3.8, 4) is 0 Å². The number of fused-ring (bicyclic) bond motifs is 1. The Morgan fingerprint density at radius 2 is 2.00 bits per heavy atom. The maximum absolute atomic E-state index is 4.52. The first-order valence-corrected chi connectivity index (χ1v) is 9.82. The van der Waals surface area contributed by atoms with Gasteiger partial charge >= 0.3 is 0 Å². The van der Waals surface area contributed by atoms with E-state index < -0.39 is 0 Å². The van der Waals surface area contributed by atoms with Gasteiger partial charge in [-0.25, -0.2) is 0 Å². The summed E-state index contributed by atoms with van der Waals surface area (Å²) in [4.78, 5) is 11.6. The van der Waals surface area contributed by atoms with Crippen molar-refractivity contribution in [2.75, 3.05) is 13.6 Å². The maximum atomic E-state index is 4.52. The van der Waals surface area contributed by atoms with Gasteiger partial charge in [-0.3, -0.25) is 9.98 Å². The van der Waals surface area contributed by atoms with Crippen LogP contribution in [0.15, 0.2) is 53.7 Å². The number of hydrogen-bond acceptors (Lipinski definition) is 3. The number of aliphatic imine (C=N–C) groups is 1. The highest BCUT2D eigenvalue weighted by Crippen LogP contribution is 2.17. The number of nitrogens with zero attached hydrogens (tertiary/aromatic N) is 2. The molecule has 2 heterocycles. The second-order valence-electron chi connectivity index (χ2n) is 6.50. The van der Waals surface area contributed by atoms with Gasteiger partial charge in [0.15, 0.2) is 5.96 Å². The number of pyridine rings is 1. The van der Waals surface area contributed by atoms with Crippen molar-refractivity contribution in [2.24, 2.45) is 4.99 Å². The average molecular weight is 494 g/mol. The Balaban J connectivity index is 0.00000261. The van der Waals surface area contributed by atoms with Crippen molar-refractivity contribution < 1.29 is 0 Å². The van der Waals surface area contributed by atoms with Gasteiger partial charge < -0.3 is 10.6 Å². The topological polar surface area (TPSA) is 49.3 Å². The summed E-state index contributed by atoms with van der Waals surface area (Å²) in [7, 11) is 1.82. The second-order valence-corrected chi connectivity index (χ2v) is 7.88. The van der Waals surface area contributed by atoms with Gasteiger partial charge in [-0.15, -0.1) is 35.3 Å². The zero-order valence-electron chi connectivity index (χ0n) is 16.0. The molecule has 3 aromatic rings. The van der Waals surface area contributed by atoms with Gasteiger partial charge in [0.1, 0.15) is 0 Å². The Morgan fingerprint density at radius 3 is 2.74 bits per heavy atom. The highest BCUT2D eigenvalue weighted by molar-refractivity contribution is 14.0. The van der Waals surface area contributed by atoms with Crippen LogP contribution in [-0.2, 0) is 12.8 Å². The maximum Gasteiger partial charge on any atom is 0.191 e. The van der Waals surface area contributed by atoms with Crippen molar-refractivity contribution in [3.05, 3.63) is 64.0 Å². The van der Waals surface area contributed by atoms with Crippen LogP contribution in [0, 0.1) is 6.92 Å². The largest absolute Gasteiger partial charge is 0.356 e. The van der Waals surface area contributed by atoms with Gasteiger partial charge in [0.05, 0.1) is 5.52 Å². The van der Waals surface area contributed by atoms with E-state index in [9.17, 15) is 0 Å². The molecular weight excluding hydrogens is 467 g/mol. The SMILES string of the molecule is CN=C(NCCc1cccc2cccnc12)NC(C)Cc1ccc(C)s1.I. The number of rotatable bonds is 6. The predicted octanol–water partition coefficient (Wildman–Crippen LogP) is 4.56. The molecule has 0 amide bonds. The van der Waals surface area contributed by atoms with Crippen molar-refractivity contribution in [1.82, 2.24) is 15.6 Å².